The van der Waals surface area contributed by atoms with E-state index in [2.05, 4.69) is 9.05 Å². The van der Waals surface area contributed by atoms with Crippen LogP contribution < -0.4 is 0 Å². The fourth-order valence-electron chi connectivity index (χ4n) is 0.617. The molecule has 0 saturated carbocycles. The standard InChI is InChI=1S/C6H14O3P.C4H10O3P.2Co/c1-3-5-8-10(7)9-6-4-2;1-3-6-8(5)7-4-2;;/h3-6H2,1-2H3;3-4H2,1-2H3;;/q2*+1;;. The molecule has 0 aliphatic heterocycles. The molecule has 0 bridgehead atoms. The Morgan fingerprint density at radius 2 is 0.950 bits per heavy atom. The van der Waals surface area contributed by atoms with Crippen molar-refractivity contribution in [2.45, 2.75) is 40.5 Å². The van der Waals surface area contributed by atoms with E-state index in [1.165, 1.54) is 0 Å². The average molecular weight is 420 g/mol. The Morgan fingerprint density at radius 1 is 0.650 bits per heavy atom. The molecule has 10 heteroatoms. The molecule has 0 rings (SSSR count). The van der Waals surface area contributed by atoms with E-state index in [1.807, 2.05) is 13.8 Å². The van der Waals surface area contributed by atoms with E-state index in [9.17, 15) is 9.13 Å². The molecule has 0 aromatic rings. The second kappa shape index (κ2) is 25.0. The Labute approximate surface area is 144 Å². The van der Waals surface area contributed by atoms with Gasteiger partial charge in [-0.05, 0) is 26.7 Å². The van der Waals surface area contributed by atoms with Crippen molar-refractivity contribution in [3.63, 3.8) is 0 Å². The first-order valence-electron chi connectivity index (χ1n) is 6.08. The molecule has 0 aromatic heterocycles. The summed E-state index contributed by atoms with van der Waals surface area (Å²) < 4.78 is 39.7. The smallest absolute Gasteiger partial charge is 0.119 e. The van der Waals surface area contributed by atoms with Crippen LogP contribution >= 0.6 is 16.5 Å². The van der Waals surface area contributed by atoms with Crippen LogP contribution in [-0.2, 0) is 60.8 Å². The number of hydrogen-bond donors (Lipinski definition) is 0. The summed E-state index contributed by atoms with van der Waals surface area (Å²) in [5.41, 5.74) is 0. The molecule has 0 spiro atoms. The molecule has 0 aliphatic carbocycles. The van der Waals surface area contributed by atoms with Gasteiger partial charge in [-0.2, -0.15) is 0 Å². The molecule has 0 amide bonds. The van der Waals surface area contributed by atoms with Crippen molar-refractivity contribution in [3.8, 4) is 0 Å². The summed E-state index contributed by atoms with van der Waals surface area (Å²) in [6.07, 6.45) is 1.74. The third-order valence-corrected chi connectivity index (χ3v) is 3.00. The molecule has 126 valence electrons. The number of rotatable bonds is 10. The monoisotopic (exact) mass is 420 g/mol. The molecule has 0 aromatic carbocycles. The predicted octanol–water partition coefficient (Wildman–Crippen LogP) is 4.21. The van der Waals surface area contributed by atoms with Gasteiger partial charge in [0.15, 0.2) is 0 Å². The third-order valence-electron chi connectivity index (χ3n) is 1.27. The molecule has 0 fully saturated rings. The van der Waals surface area contributed by atoms with Gasteiger partial charge >= 0.3 is 16.5 Å². The number of hydrogen-bond acceptors (Lipinski definition) is 6. The molecule has 6 nitrogen and oxygen atoms in total. The molecular formula is C10H24Co2O6P2+2. The third kappa shape index (κ3) is 27.4. The zero-order valence-corrected chi connectivity index (χ0v) is 16.1. The summed E-state index contributed by atoms with van der Waals surface area (Å²) in [5.74, 6) is 0. The minimum Gasteiger partial charge on any atom is -0.119 e. The van der Waals surface area contributed by atoms with Crippen LogP contribution in [0, 0.1) is 0 Å². The summed E-state index contributed by atoms with van der Waals surface area (Å²) in [7, 11) is -3.67. The molecule has 0 heterocycles. The van der Waals surface area contributed by atoms with Crippen LogP contribution in [0.1, 0.15) is 40.5 Å². The molecule has 0 N–H and O–H groups in total. The van der Waals surface area contributed by atoms with E-state index in [0.717, 1.165) is 12.8 Å². The normalized spacial score (nSPS) is 8.60. The van der Waals surface area contributed by atoms with Crippen LogP contribution in [-0.4, -0.2) is 26.4 Å². The van der Waals surface area contributed by atoms with Crippen molar-refractivity contribution in [1.82, 2.24) is 0 Å². The zero-order chi connectivity index (χ0) is 14.2. The van der Waals surface area contributed by atoms with Crippen LogP contribution in [0.4, 0.5) is 0 Å². The fraction of sp³-hybridized carbons (Fsp3) is 1.00. The van der Waals surface area contributed by atoms with Gasteiger partial charge in [0.1, 0.15) is 26.4 Å². The van der Waals surface area contributed by atoms with Gasteiger partial charge in [0.25, 0.3) is 0 Å². The van der Waals surface area contributed by atoms with E-state index in [-0.39, 0.29) is 33.6 Å². The van der Waals surface area contributed by atoms with E-state index in [0.29, 0.717) is 26.4 Å². The Hall–Kier alpha value is 1.05. The van der Waals surface area contributed by atoms with Crippen molar-refractivity contribution in [2.75, 3.05) is 26.4 Å². The van der Waals surface area contributed by atoms with Gasteiger partial charge in [0, 0.05) is 42.7 Å². The predicted molar refractivity (Wildman–Crippen MR) is 71.0 cm³/mol. The maximum atomic E-state index is 10.7. The van der Waals surface area contributed by atoms with Crippen LogP contribution in [0.2, 0.25) is 0 Å². The van der Waals surface area contributed by atoms with Gasteiger partial charge in [-0.15, -0.1) is 18.1 Å². The van der Waals surface area contributed by atoms with Gasteiger partial charge < -0.3 is 0 Å². The fourth-order valence-corrected chi connectivity index (χ4v) is 1.85. The van der Waals surface area contributed by atoms with E-state index < -0.39 is 16.5 Å². The van der Waals surface area contributed by atoms with E-state index in [4.69, 9.17) is 9.05 Å². The molecule has 0 aliphatic rings. The van der Waals surface area contributed by atoms with Crippen molar-refractivity contribution in [3.05, 3.63) is 0 Å². The van der Waals surface area contributed by atoms with Gasteiger partial charge in [0.05, 0.1) is 0 Å². The Bertz CT molecular complexity index is 204. The molecule has 0 saturated heterocycles. The summed E-state index contributed by atoms with van der Waals surface area (Å²) in [4.78, 5) is 0. The van der Waals surface area contributed by atoms with Crippen molar-refractivity contribution in [2.24, 2.45) is 0 Å². The van der Waals surface area contributed by atoms with Crippen molar-refractivity contribution < 1.29 is 60.8 Å². The van der Waals surface area contributed by atoms with Gasteiger partial charge in [-0.25, -0.2) is 0 Å². The van der Waals surface area contributed by atoms with Crippen LogP contribution in [0.3, 0.4) is 0 Å². The zero-order valence-electron chi connectivity index (χ0n) is 12.3. The Morgan fingerprint density at radius 3 is 1.20 bits per heavy atom. The minimum absolute atomic E-state index is 0. The summed E-state index contributed by atoms with van der Waals surface area (Å²) >= 11 is 0. The summed E-state index contributed by atoms with van der Waals surface area (Å²) in [5, 5.41) is 0. The van der Waals surface area contributed by atoms with E-state index in [1.54, 1.807) is 13.8 Å². The first kappa shape index (κ1) is 29.1. The SMILES string of the molecule is CCCO[P+](=O)OCCC.CCO[P+](=O)OCC.[Co].[Co]. The van der Waals surface area contributed by atoms with Crippen molar-refractivity contribution >= 4 is 16.5 Å². The molecule has 0 unspecified atom stereocenters. The molecule has 2 radical (unpaired) electrons. The van der Waals surface area contributed by atoms with Gasteiger partial charge in [0.2, 0.25) is 0 Å². The largest absolute Gasteiger partial charge is 0.697 e. The first-order valence-corrected chi connectivity index (χ1v) is 8.27. The molecular weight excluding hydrogens is 396 g/mol. The molecule has 20 heavy (non-hydrogen) atoms. The van der Waals surface area contributed by atoms with Crippen LogP contribution in [0.25, 0.3) is 0 Å². The quantitative estimate of drug-likeness (QED) is 0.494. The maximum absolute atomic E-state index is 10.7. The summed E-state index contributed by atoms with van der Waals surface area (Å²) in [6.45, 7) is 9.37. The second-order valence-electron chi connectivity index (χ2n) is 2.95. The minimum atomic E-state index is -1.84. The topological polar surface area (TPSA) is 71.1 Å². The van der Waals surface area contributed by atoms with Crippen LogP contribution in [0.15, 0.2) is 0 Å². The summed E-state index contributed by atoms with van der Waals surface area (Å²) in [6, 6.07) is 0. The second-order valence-corrected chi connectivity index (χ2v) is 4.88. The average Bonchev–Trinajstić information content (AvgIpc) is 2.35. The van der Waals surface area contributed by atoms with Gasteiger partial charge in [-0.3, -0.25) is 0 Å². The molecule has 0 atom stereocenters. The Balaban J connectivity index is -0.000000119. The Kier molecular flexibility index (Phi) is 36.4. The van der Waals surface area contributed by atoms with Crippen LogP contribution in [0.5, 0.6) is 0 Å². The van der Waals surface area contributed by atoms with Crippen molar-refractivity contribution in [1.29, 1.82) is 0 Å². The van der Waals surface area contributed by atoms with E-state index >= 15 is 0 Å². The van der Waals surface area contributed by atoms with Gasteiger partial charge in [-0.1, -0.05) is 13.8 Å². The first-order chi connectivity index (χ1) is 8.62. The maximum Gasteiger partial charge on any atom is 0.697 e.